The molecule has 6 heteroatoms. The third-order valence-corrected chi connectivity index (χ3v) is 3.80. The molecule has 0 unspecified atom stereocenters. The molecule has 0 spiro atoms. The van der Waals surface area contributed by atoms with E-state index < -0.39 is 0 Å². The molecule has 0 atom stereocenters. The van der Waals surface area contributed by atoms with Gasteiger partial charge in [-0.2, -0.15) is 0 Å². The smallest absolute Gasteiger partial charge is 0.140 e. The van der Waals surface area contributed by atoms with E-state index in [1.807, 2.05) is 35.0 Å². The second kappa shape index (κ2) is 7.88. The number of rotatable bonds is 2. The molecule has 6 nitrogen and oxygen atoms in total. The summed E-state index contributed by atoms with van der Waals surface area (Å²) in [6.07, 6.45) is 7.11. The fourth-order valence-electron chi connectivity index (χ4n) is 2.66. The highest BCUT2D eigenvalue weighted by atomic mass is 15.1. The maximum atomic E-state index is 4.25. The topological polar surface area (TPSA) is 71.8 Å². The molecule has 4 heterocycles. The molecular formula is C19H26N6. The van der Waals surface area contributed by atoms with E-state index in [2.05, 4.69) is 52.6 Å². The van der Waals surface area contributed by atoms with Gasteiger partial charge >= 0.3 is 0 Å². The van der Waals surface area contributed by atoms with Gasteiger partial charge in [0.05, 0.1) is 5.69 Å². The van der Waals surface area contributed by atoms with Crippen molar-refractivity contribution in [3.05, 3.63) is 54.8 Å². The second-order valence-electron chi connectivity index (χ2n) is 6.28. The van der Waals surface area contributed by atoms with Gasteiger partial charge in [-0.25, -0.2) is 19.9 Å². The van der Waals surface area contributed by atoms with Crippen LogP contribution in [-0.4, -0.2) is 29.3 Å². The molecule has 4 aromatic rings. The van der Waals surface area contributed by atoms with Gasteiger partial charge in [-0.1, -0.05) is 35.1 Å². The van der Waals surface area contributed by atoms with Gasteiger partial charge in [-0.3, -0.25) is 4.40 Å². The maximum absolute atomic E-state index is 4.25. The van der Waals surface area contributed by atoms with Crippen molar-refractivity contribution in [3.63, 3.8) is 0 Å². The average Bonchev–Trinajstić information content (AvgIpc) is 3.23. The zero-order valence-corrected chi connectivity index (χ0v) is 14.4. The Bertz CT molecular complexity index is 857. The van der Waals surface area contributed by atoms with Crippen molar-refractivity contribution >= 4 is 16.7 Å². The summed E-state index contributed by atoms with van der Waals surface area (Å²) in [5, 5.41) is 1.13. The molecular weight excluding hydrogens is 312 g/mol. The molecule has 0 saturated carbocycles. The molecule has 0 aliphatic heterocycles. The van der Waals surface area contributed by atoms with Crippen molar-refractivity contribution in [1.82, 2.24) is 29.3 Å². The molecule has 0 aliphatic carbocycles. The molecule has 0 aromatic carbocycles. The van der Waals surface area contributed by atoms with Crippen LogP contribution in [0, 0.1) is 0 Å². The number of hydrogen-bond acceptors (Lipinski definition) is 4. The van der Waals surface area contributed by atoms with Crippen molar-refractivity contribution in [2.75, 3.05) is 0 Å². The van der Waals surface area contributed by atoms with Crippen LogP contribution in [-0.2, 0) is 0 Å². The molecule has 0 fully saturated rings. The van der Waals surface area contributed by atoms with Gasteiger partial charge in [0.2, 0.25) is 0 Å². The van der Waals surface area contributed by atoms with Crippen molar-refractivity contribution in [1.29, 1.82) is 0 Å². The molecule has 1 N–H and O–H groups in total. The first-order chi connectivity index (χ1) is 11.6. The Morgan fingerprint density at radius 1 is 0.920 bits per heavy atom. The summed E-state index contributed by atoms with van der Waals surface area (Å²) in [5.74, 6) is 1.94. The Kier molecular flexibility index (Phi) is 5.85. The van der Waals surface area contributed by atoms with Gasteiger partial charge in [0.1, 0.15) is 29.8 Å². The molecule has 0 saturated heterocycles. The number of hydrogen-bond donors (Lipinski definition) is 1. The first-order valence-corrected chi connectivity index (χ1v) is 8.14. The molecule has 4 rings (SSSR count). The van der Waals surface area contributed by atoms with Crippen LogP contribution < -0.4 is 0 Å². The first kappa shape index (κ1) is 18.6. The summed E-state index contributed by atoms with van der Waals surface area (Å²) in [6.45, 7) is 8.52. The number of H-pyrrole nitrogens is 1. The average molecular weight is 338 g/mol. The van der Waals surface area contributed by atoms with E-state index in [0.717, 1.165) is 28.2 Å². The predicted molar refractivity (Wildman–Crippen MR) is 102 cm³/mol. The van der Waals surface area contributed by atoms with E-state index in [0.29, 0.717) is 11.8 Å². The van der Waals surface area contributed by atoms with Crippen molar-refractivity contribution < 1.29 is 0 Å². The zero-order chi connectivity index (χ0) is 17.1. The number of nitrogens with zero attached hydrogens (tertiary/aromatic N) is 5. The highest BCUT2D eigenvalue weighted by Crippen LogP contribution is 2.20. The zero-order valence-electron chi connectivity index (χ0n) is 14.4. The highest BCUT2D eigenvalue weighted by molar-refractivity contribution is 5.78. The summed E-state index contributed by atoms with van der Waals surface area (Å²) >= 11 is 0. The largest absolute Gasteiger partial charge is 0.346 e. The molecule has 0 bridgehead atoms. The number of nitrogens with one attached hydrogen (secondary N) is 1. The minimum atomic E-state index is 0. The van der Waals surface area contributed by atoms with E-state index in [1.165, 1.54) is 0 Å². The van der Waals surface area contributed by atoms with Crippen molar-refractivity contribution in [3.8, 4) is 0 Å². The van der Waals surface area contributed by atoms with Crippen LogP contribution in [0.4, 0.5) is 0 Å². The van der Waals surface area contributed by atoms with Gasteiger partial charge < -0.3 is 4.98 Å². The highest BCUT2D eigenvalue weighted by Gasteiger charge is 2.07. The SMILES string of the molecule is C.CC(C)c1ncnc2[nH]ccc12.CC(C)c1ncnc2cccn12. The van der Waals surface area contributed by atoms with Crippen LogP contribution in [0.15, 0.2) is 43.2 Å². The van der Waals surface area contributed by atoms with Crippen LogP contribution in [0.1, 0.15) is 58.5 Å². The van der Waals surface area contributed by atoms with Crippen LogP contribution in [0.25, 0.3) is 16.7 Å². The van der Waals surface area contributed by atoms with Crippen molar-refractivity contribution in [2.45, 2.75) is 47.0 Å². The standard InChI is InChI=1S/2C9H11N3.CH4/c1-6(2)8-7-3-4-10-9(7)12-5-11-8;1-7(2)9-11-6-10-8-4-3-5-12(8)9;/h3-6H,1-2H3,(H,10,11,12);3-7H,1-2H3;1H4. The van der Waals surface area contributed by atoms with E-state index >= 15 is 0 Å². The third-order valence-electron chi connectivity index (χ3n) is 3.80. The minimum absolute atomic E-state index is 0. The fraction of sp³-hybridized carbons (Fsp3) is 0.368. The Morgan fingerprint density at radius 2 is 1.68 bits per heavy atom. The Hall–Kier alpha value is -2.76. The van der Waals surface area contributed by atoms with Gasteiger partial charge in [-0.15, -0.1) is 0 Å². The molecule has 0 aliphatic rings. The van der Waals surface area contributed by atoms with E-state index in [-0.39, 0.29) is 7.43 Å². The number of aromatic amines is 1. The van der Waals surface area contributed by atoms with Crippen LogP contribution in [0.3, 0.4) is 0 Å². The third kappa shape index (κ3) is 3.84. The molecule has 0 amide bonds. The lowest BCUT2D eigenvalue weighted by Crippen LogP contribution is -2.02. The molecule has 25 heavy (non-hydrogen) atoms. The van der Waals surface area contributed by atoms with E-state index in [9.17, 15) is 0 Å². The maximum Gasteiger partial charge on any atom is 0.140 e. The predicted octanol–water partition coefficient (Wildman–Crippen LogP) is 4.57. The second-order valence-corrected chi connectivity index (χ2v) is 6.28. The van der Waals surface area contributed by atoms with Gasteiger partial charge in [0.15, 0.2) is 0 Å². The monoisotopic (exact) mass is 338 g/mol. The van der Waals surface area contributed by atoms with E-state index in [1.54, 1.807) is 12.7 Å². The molecule has 0 radical (unpaired) electrons. The normalized spacial score (nSPS) is 10.8. The van der Waals surface area contributed by atoms with Gasteiger partial charge in [0.25, 0.3) is 0 Å². The fourth-order valence-corrected chi connectivity index (χ4v) is 2.66. The lowest BCUT2D eigenvalue weighted by atomic mass is 10.1. The van der Waals surface area contributed by atoms with Gasteiger partial charge in [0, 0.05) is 23.7 Å². The summed E-state index contributed by atoms with van der Waals surface area (Å²) in [5.41, 5.74) is 3.00. The van der Waals surface area contributed by atoms with E-state index in [4.69, 9.17) is 0 Å². The minimum Gasteiger partial charge on any atom is -0.346 e. The molecule has 4 aromatic heterocycles. The summed E-state index contributed by atoms with van der Waals surface area (Å²) in [6, 6.07) is 5.98. The van der Waals surface area contributed by atoms with Gasteiger partial charge in [-0.05, 0) is 24.1 Å². The van der Waals surface area contributed by atoms with Crippen LogP contribution >= 0.6 is 0 Å². The summed E-state index contributed by atoms with van der Waals surface area (Å²) in [4.78, 5) is 19.8. The summed E-state index contributed by atoms with van der Waals surface area (Å²) in [7, 11) is 0. The quantitative estimate of drug-likeness (QED) is 0.581. The first-order valence-electron chi connectivity index (χ1n) is 8.14. The van der Waals surface area contributed by atoms with Crippen LogP contribution in [0.2, 0.25) is 0 Å². The lowest BCUT2D eigenvalue weighted by Gasteiger charge is -2.06. The van der Waals surface area contributed by atoms with Crippen LogP contribution in [0.5, 0.6) is 0 Å². The summed E-state index contributed by atoms with van der Waals surface area (Å²) < 4.78 is 2.02. The van der Waals surface area contributed by atoms with Crippen molar-refractivity contribution in [2.24, 2.45) is 0 Å². The number of fused-ring (bicyclic) bond motifs is 2. The Balaban J connectivity index is 0.000000173. The molecule has 132 valence electrons. The lowest BCUT2D eigenvalue weighted by molar-refractivity contribution is 0.743. The Morgan fingerprint density at radius 3 is 2.40 bits per heavy atom. The number of aromatic nitrogens is 6. The Labute approximate surface area is 148 Å².